The van der Waals surface area contributed by atoms with Crippen molar-refractivity contribution in [1.82, 2.24) is 5.32 Å². The molecule has 0 atom stereocenters. The zero-order valence-electron chi connectivity index (χ0n) is 5.64. The summed E-state index contributed by atoms with van der Waals surface area (Å²) >= 11 is 0. The summed E-state index contributed by atoms with van der Waals surface area (Å²) in [4.78, 5) is 3.90. The van der Waals surface area contributed by atoms with Crippen LogP contribution in [0.4, 0.5) is 0 Å². The largest absolute Gasteiger partial charge is 0.398 e. The van der Waals surface area contributed by atoms with Crippen molar-refractivity contribution in [2.45, 2.75) is 13.3 Å². The maximum absolute atomic E-state index is 8.13. The molecule has 4 nitrogen and oxygen atoms in total. The molecule has 0 aromatic rings. The molecular formula is C5H12N2O2. The highest BCUT2D eigenvalue weighted by atomic mass is 17.1. The van der Waals surface area contributed by atoms with Gasteiger partial charge in [0.2, 0.25) is 5.88 Å². The fourth-order valence-electron chi connectivity index (χ4n) is 0.425. The van der Waals surface area contributed by atoms with Crippen molar-refractivity contribution < 1.29 is 10.1 Å². The lowest BCUT2D eigenvalue weighted by molar-refractivity contribution is -0.209. The zero-order chi connectivity index (χ0) is 7.28. The van der Waals surface area contributed by atoms with Gasteiger partial charge in [-0.1, -0.05) is 6.92 Å². The second kappa shape index (κ2) is 4.03. The summed E-state index contributed by atoms with van der Waals surface area (Å²) in [6.45, 7) is 1.87. The highest BCUT2D eigenvalue weighted by Crippen LogP contribution is 1.97. The molecule has 0 saturated carbocycles. The molecule has 0 aliphatic carbocycles. The molecule has 0 amide bonds. The monoisotopic (exact) mass is 132 g/mol. The first kappa shape index (κ1) is 8.10. The van der Waals surface area contributed by atoms with Crippen LogP contribution in [0.15, 0.2) is 11.6 Å². The molecule has 0 unspecified atom stereocenters. The Kier molecular flexibility index (Phi) is 3.62. The molecule has 0 fully saturated rings. The lowest BCUT2D eigenvalue weighted by atomic mass is 10.4. The second-order valence-corrected chi connectivity index (χ2v) is 1.55. The highest BCUT2D eigenvalue weighted by Gasteiger charge is 1.97. The van der Waals surface area contributed by atoms with Crippen LogP contribution >= 0.6 is 0 Å². The maximum atomic E-state index is 8.13. The smallest absolute Gasteiger partial charge is 0.248 e. The lowest BCUT2D eigenvalue weighted by Crippen LogP contribution is -2.15. The van der Waals surface area contributed by atoms with Crippen LogP contribution in [-0.4, -0.2) is 12.3 Å². The van der Waals surface area contributed by atoms with Crippen LogP contribution in [0.2, 0.25) is 0 Å². The van der Waals surface area contributed by atoms with Crippen molar-refractivity contribution in [2.24, 2.45) is 5.73 Å². The van der Waals surface area contributed by atoms with Gasteiger partial charge in [-0.25, -0.2) is 5.26 Å². The Hall–Kier alpha value is -0.900. The number of nitrogens with two attached hydrogens (primary N) is 1. The fraction of sp³-hybridized carbons (Fsp3) is 0.600. The van der Waals surface area contributed by atoms with Crippen LogP contribution < -0.4 is 11.1 Å². The Morgan fingerprint density at radius 3 is 2.44 bits per heavy atom. The Morgan fingerprint density at radius 1 is 1.78 bits per heavy atom. The van der Waals surface area contributed by atoms with Crippen molar-refractivity contribution in [3.8, 4) is 0 Å². The van der Waals surface area contributed by atoms with E-state index in [2.05, 4.69) is 10.2 Å². The minimum Gasteiger partial charge on any atom is -0.398 e. The number of nitrogens with one attached hydrogen (secondary N) is 1. The second-order valence-electron chi connectivity index (χ2n) is 1.55. The Morgan fingerprint density at radius 2 is 2.33 bits per heavy atom. The third-order valence-corrected chi connectivity index (χ3v) is 0.991. The average molecular weight is 132 g/mol. The van der Waals surface area contributed by atoms with Crippen molar-refractivity contribution in [2.75, 3.05) is 7.05 Å². The number of rotatable bonds is 3. The summed E-state index contributed by atoms with van der Waals surface area (Å²) in [5, 5.41) is 10.7. The minimum absolute atomic E-state index is 0.220. The molecule has 0 rings (SSSR count). The molecule has 0 radical (unpaired) electrons. The van der Waals surface area contributed by atoms with E-state index in [1.165, 1.54) is 0 Å². The van der Waals surface area contributed by atoms with Gasteiger partial charge in [0.1, 0.15) is 0 Å². The molecule has 0 saturated heterocycles. The predicted octanol–water partition coefficient (Wildman–Crippen LogP) is 0.233. The molecular weight excluding hydrogens is 120 g/mol. The summed E-state index contributed by atoms with van der Waals surface area (Å²) in [5.41, 5.74) is 5.87. The van der Waals surface area contributed by atoms with Gasteiger partial charge in [0, 0.05) is 7.05 Å². The van der Waals surface area contributed by atoms with Crippen molar-refractivity contribution >= 4 is 0 Å². The molecule has 54 valence electrons. The molecule has 4 heteroatoms. The Bertz CT molecular complexity index is 106. The van der Waals surface area contributed by atoms with E-state index >= 15 is 0 Å². The lowest BCUT2D eigenvalue weighted by Gasteiger charge is -2.04. The van der Waals surface area contributed by atoms with E-state index in [0.29, 0.717) is 12.1 Å². The number of hydrogen-bond acceptors (Lipinski definition) is 4. The van der Waals surface area contributed by atoms with Crippen LogP contribution in [0, 0.1) is 0 Å². The standard InChI is InChI=1S/C5H12N2O2/c1-3-4(6)5(7-2)9-8/h7-8H,3,6H2,1-2H3/b5-4+. The molecule has 4 N–H and O–H groups in total. The molecule has 0 aromatic carbocycles. The van der Waals surface area contributed by atoms with Crippen LogP contribution in [0.5, 0.6) is 0 Å². The van der Waals surface area contributed by atoms with Gasteiger partial charge in [-0.05, 0) is 6.42 Å². The predicted molar refractivity (Wildman–Crippen MR) is 34.3 cm³/mol. The van der Waals surface area contributed by atoms with Crippen LogP contribution in [-0.2, 0) is 4.89 Å². The summed E-state index contributed by atoms with van der Waals surface area (Å²) in [6, 6.07) is 0. The van der Waals surface area contributed by atoms with Gasteiger partial charge in [0.05, 0.1) is 5.70 Å². The van der Waals surface area contributed by atoms with Gasteiger partial charge in [0.25, 0.3) is 0 Å². The van der Waals surface area contributed by atoms with Gasteiger partial charge < -0.3 is 15.9 Å². The van der Waals surface area contributed by atoms with E-state index < -0.39 is 0 Å². The summed E-state index contributed by atoms with van der Waals surface area (Å²) in [5.74, 6) is 0.220. The average Bonchev–Trinajstić information content (AvgIpc) is 1.90. The van der Waals surface area contributed by atoms with Crippen molar-refractivity contribution in [1.29, 1.82) is 0 Å². The summed E-state index contributed by atoms with van der Waals surface area (Å²) < 4.78 is 0. The third kappa shape index (κ3) is 2.23. The van der Waals surface area contributed by atoms with Crippen molar-refractivity contribution in [3.63, 3.8) is 0 Å². The van der Waals surface area contributed by atoms with E-state index in [-0.39, 0.29) is 5.88 Å². The minimum atomic E-state index is 0.220. The van der Waals surface area contributed by atoms with Gasteiger partial charge in [-0.15, -0.1) is 0 Å². The van der Waals surface area contributed by atoms with Gasteiger partial charge in [-0.2, -0.15) is 0 Å². The highest BCUT2D eigenvalue weighted by molar-refractivity contribution is 5.00. The summed E-state index contributed by atoms with van der Waals surface area (Å²) in [7, 11) is 1.62. The van der Waals surface area contributed by atoms with Crippen LogP contribution in [0.25, 0.3) is 0 Å². The molecule has 0 aromatic heterocycles. The Balaban J connectivity index is 4.01. The van der Waals surface area contributed by atoms with Gasteiger partial charge in [0.15, 0.2) is 0 Å². The topological polar surface area (TPSA) is 67.5 Å². The van der Waals surface area contributed by atoms with E-state index in [1.54, 1.807) is 7.05 Å². The number of hydrogen-bond donors (Lipinski definition) is 3. The first-order valence-electron chi connectivity index (χ1n) is 2.74. The maximum Gasteiger partial charge on any atom is 0.248 e. The molecule has 0 bridgehead atoms. The molecule has 0 aliphatic heterocycles. The van der Waals surface area contributed by atoms with Crippen LogP contribution in [0.3, 0.4) is 0 Å². The SMILES string of the molecule is CC/C(N)=C(/NC)OO. The molecule has 0 heterocycles. The molecule has 0 spiro atoms. The Labute approximate surface area is 54.2 Å². The normalized spacial score (nSPS) is 12.3. The molecule has 9 heavy (non-hydrogen) atoms. The van der Waals surface area contributed by atoms with E-state index in [1.807, 2.05) is 6.92 Å². The van der Waals surface area contributed by atoms with E-state index in [0.717, 1.165) is 0 Å². The first-order chi connectivity index (χ1) is 4.26. The van der Waals surface area contributed by atoms with E-state index in [9.17, 15) is 0 Å². The first-order valence-corrected chi connectivity index (χ1v) is 2.74. The van der Waals surface area contributed by atoms with Crippen LogP contribution in [0.1, 0.15) is 13.3 Å². The third-order valence-electron chi connectivity index (χ3n) is 0.991. The van der Waals surface area contributed by atoms with Gasteiger partial charge >= 0.3 is 0 Å². The van der Waals surface area contributed by atoms with E-state index in [4.69, 9.17) is 11.0 Å². The van der Waals surface area contributed by atoms with Crippen molar-refractivity contribution in [3.05, 3.63) is 11.6 Å². The number of allylic oxidation sites excluding steroid dienone is 1. The van der Waals surface area contributed by atoms with Gasteiger partial charge in [-0.3, -0.25) is 0 Å². The zero-order valence-corrected chi connectivity index (χ0v) is 5.64. The molecule has 0 aliphatic rings. The quantitative estimate of drug-likeness (QED) is 0.292. The fourth-order valence-corrected chi connectivity index (χ4v) is 0.425. The summed E-state index contributed by atoms with van der Waals surface area (Å²) in [6.07, 6.45) is 0.650.